The minimum atomic E-state index is -0.790. The van der Waals surface area contributed by atoms with E-state index in [0.29, 0.717) is 0 Å². The molecule has 0 bridgehead atoms. The zero-order valence-corrected chi connectivity index (χ0v) is 16.9. The van der Waals surface area contributed by atoms with Crippen LogP contribution in [0.1, 0.15) is 38.1 Å². The lowest BCUT2D eigenvalue weighted by atomic mass is 10.1. The Morgan fingerprint density at radius 2 is 1.81 bits per heavy atom. The van der Waals surface area contributed by atoms with E-state index < -0.39 is 23.8 Å². The Labute approximate surface area is 166 Å². The minimum Gasteiger partial charge on any atom is -0.462 e. The van der Waals surface area contributed by atoms with Crippen LogP contribution in [-0.4, -0.2) is 30.4 Å². The number of rotatable bonds is 7. The molecule has 1 rings (SSSR count). The average molecular weight is 423 g/mol. The summed E-state index contributed by atoms with van der Waals surface area (Å²) in [5.41, 5.74) is -0.175. The largest absolute Gasteiger partial charge is 0.462 e. The van der Waals surface area contributed by atoms with Gasteiger partial charge in [0, 0.05) is 6.20 Å². The fraction of sp³-hybridized carbons (Fsp3) is 0.353. The highest BCUT2D eigenvalue weighted by Gasteiger charge is 2.23. The first-order valence-corrected chi connectivity index (χ1v) is 8.76. The molecule has 0 aliphatic heterocycles. The van der Waals surface area contributed by atoms with Gasteiger partial charge < -0.3 is 14.8 Å². The Hall–Kier alpha value is -1.76. The van der Waals surface area contributed by atoms with Crippen LogP contribution < -0.4 is 5.32 Å². The summed E-state index contributed by atoms with van der Waals surface area (Å²) in [5.74, 6) is -2.05. The van der Waals surface area contributed by atoms with Crippen molar-refractivity contribution in [1.82, 2.24) is 0 Å². The maximum atomic E-state index is 12.0. The second-order valence-corrected chi connectivity index (χ2v) is 6.51. The van der Waals surface area contributed by atoms with E-state index >= 15 is 0 Å². The van der Waals surface area contributed by atoms with E-state index in [1.54, 1.807) is 20.8 Å². The molecule has 0 saturated carbocycles. The summed E-state index contributed by atoms with van der Waals surface area (Å²) in [7, 11) is 0. The third-order valence-corrected chi connectivity index (χ3v) is 4.13. The quantitative estimate of drug-likeness (QED) is 0.226. The normalized spacial score (nSPS) is 11.3. The monoisotopic (exact) mass is 421 g/mol. The van der Waals surface area contributed by atoms with Gasteiger partial charge in [-0.25, -0.2) is 9.59 Å². The third kappa shape index (κ3) is 5.62. The van der Waals surface area contributed by atoms with Gasteiger partial charge in [-0.15, -0.1) is 0 Å². The molecule has 26 heavy (non-hydrogen) atoms. The number of ether oxygens (including phenoxy) is 2. The number of ketones is 1. The molecule has 0 heterocycles. The molecule has 0 unspecified atom stereocenters. The van der Waals surface area contributed by atoms with Crippen LogP contribution >= 0.6 is 34.8 Å². The maximum absolute atomic E-state index is 12.0. The highest BCUT2D eigenvalue weighted by molar-refractivity contribution is 6.47. The number of hydrogen-bond donors (Lipinski definition) is 1. The predicted octanol–water partition coefficient (Wildman–Crippen LogP) is 4.66. The number of carbonyl (C=O) groups is 3. The van der Waals surface area contributed by atoms with Gasteiger partial charge in [-0.3, -0.25) is 4.79 Å². The standard InChI is InChI=1S/C17H18Cl3NO5/c1-5-25-17(24)13-14(19)11(18)6-12(15(13)20)21-7-10(9(4)22)16(23)26-8(2)3/h6-8,21H,5H2,1-4H3. The summed E-state index contributed by atoms with van der Waals surface area (Å²) in [6, 6.07) is 1.36. The molecule has 0 saturated heterocycles. The number of carbonyl (C=O) groups excluding carboxylic acids is 3. The predicted molar refractivity (Wildman–Crippen MR) is 101 cm³/mol. The number of hydrogen-bond acceptors (Lipinski definition) is 6. The van der Waals surface area contributed by atoms with Crippen molar-refractivity contribution >= 4 is 58.2 Å². The van der Waals surface area contributed by atoms with Gasteiger partial charge in [-0.05, 0) is 33.8 Å². The number of anilines is 1. The molecule has 1 aromatic carbocycles. The third-order valence-electron chi connectivity index (χ3n) is 2.95. The Morgan fingerprint density at radius 3 is 2.31 bits per heavy atom. The van der Waals surface area contributed by atoms with Crippen molar-refractivity contribution in [3.63, 3.8) is 0 Å². The highest BCUT2D eigenvalue weighted by Crippen LogP contribution is 2.38. The highest BCUT2D eigenvalue weighted by atomic mass is 35.5. The van der Waals surface area contributed by atoms with Gasteiger partial charge >= 0.3 is 11.9 Å². The van der Waals surface area contributed by atoms with Crippen molar-refractivity contribution in [1.29, 1.82) is 0 Å². The fourth-order valence-corrected chi connectivity index (χ4v) is 2.58. The van der Waals surface area contributed by atoms with Crippen LogP contribution in [0.5, 0.6) is 0 Å². The van der Waals surface area contributed by atoms with E-state index in [1.807, 2.05) is 0 Å². The smallest absolute Gasteiger partial charge is 0.343 e. The lowest BCUT2D eigenvalue weighted by Gasteiger charge is -2.13. The van der Waals surface area contributed by atoms with Crippen LogP contribution in [0.15, 0.2) is 17.8 Å². The number of benzene rings is 1. The second kappa shape index (κ2) is 9.80. The summed E-state index contributed by atoms with van der Waals surface area (Å²) in [6.07, 6.45) is 0.738. The molecule has 0 spiro atoms. The van der Waals surface area contributed by atoms with Crippen LogP contribution in [0, 0.1) is 0 Å². The van der Waals surface area contributed by atoms with Crippen molar-refractivity contribution < 1.29 is 23.9 Å². The molecule has 1 aromatic rings. The van der Waals surface area contributed by atoms with Gasteiger partial charge in [0.1, 0.15) is 11.1 Å². The molecule has 0 aliphatic carbocycles. The lowest BCUT2D eigenvalue weighted by molar-refractivity contribution is -0.143. The second-order valence-electron chi connectivity index (χ2n) is 5.34. The van der Waals surface area contributed by atoms with Crippen LogP contribution in [0.25, 0.3) is 0 Å². The first-order valence-electron chi connectivity index (χ1n) is 7.63. The molecular weight excluding hydrogens is 405 g/mol. The van der Waals surface area contributed by atoms with Gasteiger partial charge in [-0.1, -0.05) is 34.8 Å². The number of Topliss-reactive ketones (excluding diaryl/α,β-unsaturated/α-hetero) is 1. The molecule has 142 valence electrons. The topological polar surface area (TPSA) is 81.7 Å². The van der Waals surface area contributed by atoms with Crippen molar-refractivity contribution in [2.75, 3.05) is 11.9 Å². The summed E-state index contributed by atoms with van der Waals surface area (Å²) >= 11 is 18.3. The first kappa shape index (κ1) is 22.3. The van der Waals surface area contributed by atoms with E-state index in [2.05, 4.69) is 5.32 Å². The Balaban J connectivity index is 3.29. The SMILES string of the molecule is CCOC(=O)c1c(Cl)c(Cl)cc(NC=C(C(C)=O)C(=O)OC(C)C)c1Cl. The zero-order valence-electron chi connectivity index (χ0n) is 14.6. The molecule has 0 fully saturated rings. The fourth-order valence-electron chi connectivity index (χ4n) is 1.82. The molecule has 0 amide bonds. The Bertz CT molecular complexity index is 759. The van der Waals surface area contributed by atoms with Crippen LogP contribution in [0.2, 0.25) is 15.1 Å². The first-order chi connectivity index (χ1) is 12.1. The Kier molecular flexibility index (Phi) is 8.40. The van der Waals surface area contributed by atoms with E-state index in [1.165, 1.54) is 13.0 Å². The Morgan fingerprint density at radius 1 is 1.19 bits per heavy atom. The van der Waals surface area contributed by atoms with E-state index in [9.17, 15) is 14.4 Å². The lowest BCUT2D eigenvalue weighted by Crippen LogP contribution is -2.18. The molecule has 1 N–H and O–H groups in total. The van der Waals surface area contributed by atoms with Gasteiger partial charge in [0.05, 0.1) is 33.5 Å². The molecule has 6 nitrogen and oxygen atoms in total. The molecule has 0 atom stereocenters. The number of esters is 2. The summed E-state index contributed by atoms with van der Waals surface area (Å²) in [6.45, 7) is 6.28. The average Bonchev–Trinajstić information content (AvgIpc) is 2.51. The maximum Gasteiger partial charge on any atom is 0.343 e. The van der Waals surface area contributed by atoms with E-state index in [-0.39, 0.29) is 38.5 Å². The van der Waals surface area contributed by atoms with Gasteiger partial charge in [0.15, 0.2) is 5.78 Å². The van der Waals surface area contributed by atoms with Gasteiger partial charge in [0.25, 0.3) is 0 Å². The summed E-state index contributed by atoms with van der Waals surface area (Å²) < 4.78 is 9.91. The van der Waals surface area contributed by atoms with Crippen LogP contribution in [-0.2, 0) is 19.1 Å². The van der Waals surface area contributed by atoms with Crippen LogP contribution in [0.4, 0.5) is 5.69 Å². The zero-order chi connectivity index (χ0) is 20.0. The number of halogens is 3. The van der Waals surface area contributed by atoms with Gasteiger partial charge in [0.2, 0.25) is 0 Å². The summed E-state index contributed by atoms with van der Waals surface area (Å²) in [4.78, 5) is 35.7. The molecule has 0 aliphatic rings. The van der Waals surface area contributed by atoms with Crippen molar-refractivity contribution in [2.45, 2.75) is 33.8 Å². The van der Waals surface area contributed by atoms with E-state index in [0.717, 1.165) is 6.20 Å². The van der Waals surface area contributed by atoms with Crippen molar-refractivity contribution in [3.8, 4) is 0 Å². The van der Waals surface area contributed by atoms with Crippen LogP contribution in [0.3, 0.4) is 0 Å². The molecule has 0 radical (unpaired) electrons. The van der Waals surface area contributed by atoms with Crippen molar-refractivity contribution in [3.05, 3.63) is 38.5 Å². The molecule has 9 heteroatoms. The van der Waals surface area contributed by atoms with Crippen molar-refractivity contribution in [2.24, 2.45) is 0 Å². The minimum absolute atomic E-state index is 0.0455. The number of nitrogens with one attached hydrogen (secondary N) is 1. The summed E-state index contributed by atoms with van der Waals surface area (Å²) in [5, 5.41) is 2.61. The molecular formula is C17H18Cl3NO5. The van der Waals surface area contributed by atoms with Gasteiger partial charge in [-0.2, -0.15) is 0 Å². The van der Waals surface area contributed by atoms with E-state index in [4.69, 9.17) is 44.3 Å². The molecule has 0 aromatic heterocycles.